The van der Waals surface area contributed by atoms with Crippen LogP contribution in [0.25, 0.3) is 64.8 Å². The molecule has 0 saturated heterocycles. The van der Waals surface area contributed by atoms with Gasteiger partial charge in [-0.25, -0.2) is 9.97 Å². The molecule has 164 valence electrons. The maximum Gasteiger partial charge on any atom is 0.160 e. The van der Waals surface area contributed by atoms with E-state index in [2.05, 4.69) is 109 Å². The van der Waals surface area contributed by atoms with Gasteiger partial charge >= 0.3 is 0 Å². The van der Waals surface area contributed by atoms with Gasteiger partial charge in [-0.1, -0.05) is 109 Å². The Morgan fingerprint density at radius 3 is 1.77 bits per heavy atom. The van der Waals surface area contributed by atoms with Crippen molar-refractivity contribution in [3.63, 3.8) is 0 Å². The predicted molar refractivity (Wildman–Crippen MR) is 149 cm³/mol. The van der Waals surface area contributed by atoms with Crippen LogP contribution in [0.3, 0.4) is 0 Å². The maximum atomic E-state index is 5.13. The van der Waals surface area contributed by atoms with Crippen LogP contribution in [-0.4, -0.2) is 9.97 Å². The fourth-order valence-corrected chi connectivity index (χ4v) is 5.88. The van der Waals surface area contributed by atoms with E-state index in [1.165, 1.54) is 32.0 Å². The molecule has 0 unspecified atom stereocenters. The van der Waals surface area contributed by atoms with E-state index in [4.69, 9.17) is 9.97 Å². The lowest BCUT2D eigenvalue weighted by atomic mass is 10.0. The first-order valence-corrected chi connectivity index (χ1v) is 12.5. The van der Waals surface area contributed by atoms with Gasteiger partial charge in [0.2, 0.25) is 0 Å². The zero-order valence-electron chi connectivity index (χ0n) is 18.8. The molecule has 2 heterocycles. The number of fused-ring (bicyclic) bond motifs is 4. The van der Waals surface area contributed by atoms with E-state index in [-0.39, 0.29) is 0 Å². The van der Waals surface area contributed by atoms with Gasteiger partial charge in [0.05, 0.1) is 15.9 Å². The van der Waals surface area contributed by atoms with Crippen molar-refractivity contribution >= 4 is 42.4 Å². The predicted octanol–water partition coefficient (Wildman–Crippen LogP) is 9.00. The van der Waals surface area contributed by atoms with Crippen LogP contribution in [0.1, 0.15) is 0 Å². The van der Waals surface area contributed by atoms with Crippen LogP contribution < -0.4 is 0 Å². The molecule has 0 aliphatic rings. The van der Waals surface area contributed by atoms with Crippen LogP contribution in [0.5, 0.6) is 0 Å². The maximum absolute atomic E-state index is 5.13. The monoisotopic (exact) mass is 464 g/mol. The zero-order valence-corrected chi connectivity index (χ0v) is 19.7. The molecule has 0 amide bonds. The molecule has 0 bridgehead atoms. The molecule has 3 heteroatoms. The van der Waals surface area contributed by atoms with Gasteiger partial charge in [0.1, 0.15) is 0 Å². The summed E-state index contributed by atoms with van der Waals surface area (Å²) in [7, 11) is 0. The molecule has 0 aliphatic heterocycles. The van der Waals surface area contributed by atoms with Gasteiger partial charge in [-0.2, -0.15) is 0 Å². The molecule has 35 heavy (non-hydrogen) atoms. The van der Waals surface area contributed by atoms with E-state index in [1.807, 2.05) is 12.1 Å². The molecule has 0 radical (unpaired) electrons. The highest BCUT2D eigenvalue weighted by atomic mass is 32.1. The number of hydrogen-bond donors (Lipinski definition) is 0. The van der Waals surface area contributed by atoms with Crippen molar-refractivity contribution in [3.8, 4) is 33.8 Å². The van der Waals surface area contributed by atoms with Gasteiger partial charge < -0.3 is 0 Å². The lowest BCUT2D eigenvalue weighted by Crippen LogP contribution is -1.93. The second kappa shape index (κ2) is 8.15. The topological polar surface area (TPSA) is 25.8 Å². The molecule has 7 aromatic rings. The first-order valence-electron chi connectivity index (χ1n) is 11.7. The molecule has 7 rings (SSSR count). The zero-order chi connectivity index (χ0) is 23.2. The molecule has 2 nitrogen and oxygen atoms in total. The molecule has 0 N–H and O–H groups in total. The van der Waals surface area contributed by atoms with Crippen molar-refractivity contribution in [3.05, 3.63) is 121 Å². The van der Waals surface area contributed by atoms with Crippen LogP contribution in [0.2, 0.25) is 0 Å². The number of hydrogen-bond acceptors (Lipinski definition) is 3. The third-order valence-corrected chi connectivity index (χ3v) is 7.63. The molecule has 2 aromatic heterocycles. The highest BCUT2D eigenvalue weighted by Crippen LogP contribution is 2.41. The van der Waals surface area contributed by atoms with Gasteiger partial charge in [-0.15, -0.1) is 11.3 Å². The van der Waals surface area contributed by atoms with Crippen LogP contribution in [0, 0.1) is 0 Å². The molecule has 0 fully saturated rings. The van der Waals surface area contributed by atoms with Crippen molar-refractivity contribution < 1.29 is 0 Å². The van der Waals surface area contributed by atoms with Crippen molar-refractivity contribution in [2.24, 2.45) is 0 Å². The van der Waals surface area contributed by atoms with Gasteiger partial charge in [0.15, 0.2) is 5.82 Å². The highest BCUT2D eigenvalue weighted by Gasteiger charge is 2.17. The number of thiophene rings is 1. The van der Waals surface area contributed by atoms with E-state index < -0.39 is 0 Å². The number of rotatable bonds is 3. The van der Waals surface area contributed by atoms with E-state index in [1.54, 1.807) is 11.3 Å². The molecule has 0 saturated carbocycles. The summed E-state index contributed by atoms with van der Waals surface area (Å²) in [4.78, 5) is 10.2. The molecule has 0 spiro atoms. The van der Waals surface area contributed by atoms with Gasteiger partial charge in [0, 0.05) is 21.2 Å². The van der Waals surface area contributed by atoms with Crippen molar-refractivity contribution in [1.82, 2.24) is 9.97 Å². The summed E-state index contributed by atoms with van der Waals surface area (Å²) < 4.78 is 2.37. The third-order valence-electron chi connectivity index (χ3n) is 6.48. The Labute approximate surface area is 207 Å². The molecule has 0 aliphatic carbocycles. The number of benzene rings is 5. The van der Waals surface area contributed by atoms with Crippen molar-refractivity contribution in [2.75, 3.05) is 0 Å². The Morgan fingerprint density at radius 1 is 0.486 bits per heavy atom. The first kappa shape index (κ1) is 20.1. The number of nitrogens with zero attached hydrogens (tertiary/aromatic N) is 2. The normalized spacial score (nSPS) is 11.4. The summed E-state index contributed by atoms with van der Waals surface area (Å²) >= 11 is 1.78. The summed E-state index contributed by atoms with van der Waals surface area (Å²) in [5.41, 5.74) is 6.53. The van der Waals surface area contributed by atoms with Crippen molar-refractivity contribution in [1.29, 1.82) is 0 Å². The lowest BCUT2D eigenvalue weighted by Gasteiger charge is -2.08. The first-order chi connectivity index (χ1) is 17.3. The summed E-state index contributed by atoms with van der Waals surface area (Å²) in [6, 6.07) is 42.5. The van der Waals surface area contributed by atoms with Gasteiger partial charge in [-0.05, 0) is 34.0 Å². The van der Waals surface area contributed by atoms with Crippen LogP contribution in [0.4, 0.5) is 0 Å². The average molecular weight is 465 g/mol. The minimum absolute atomic E-state index is 0.754. The highest BCUT2D eigenvalue weighted by molar-refractivity contribution is 7.26. The van der Waals surface area contributed by atoms with Crippen LogP contribution in [-0.2, 0) is 0 Å². The van der Waals surface area contributed by atoms with Gasteiger partial charge in [-0.3, -0.25) is 0 Å². The summed E-state index contributed by atoms with van der Waals surface area (Å²) in [6.45, 7) is 0. The largest absolute Gasteiger partial charge is 0.226 e. The Balaban J connectivity index is 1.47. The van der Waals surface area contributed by atoms with Crippen molar-refractivity contribution in [2.45, 2.75) is 0 Å². The Morgan fingerprint density at radius 2 is 1.06 bits per heavy atom. The summed E-state index contributed by atoms with van der Waals surface area (Å²) in [6.07, 6.45) is 0. The summed E-state index contributed by atoms with van der Waals surface area (Å²) in [5, 5.41) is 3.66. The van der Waals surface area contributed by atoms with E-state index in [9.17, 15) is 0 Å². The fraction of sp³-hybridized carbons (Fsp3) is 0. The Kier molecular flexibility index (Phi) is 4.68. The summed E-state index contributed by atoms with van der Waals surface area (Å²) in [5.74, 6) is 0.754. The quantitative estimate of drug-likeness (QED) is 0.261. The third kappa shape index (κ3) is 3.49. The Bertz CT molecular complexity index is 1820. The SMILES string of the molecule is c1ccc(-c2ccc(-c3nc(-c4ccccc4)c4sc5cc6ccccc6cc5c4n3)cc2)cc1. The lowest BCUT2D eigenvalue weighted by molar-refractivity contribution is 1.24. The minimum atomic E-state index is 0.754. The second-order valence-corrected chi connectivity index (χ2v) is 9.73. The smallest absolute Gasteiger partial charge is 0.160 e. The Hall–Kier alpha value is -4.34. The van der Waals surface area contributed by atoms with E-state index >= 15 is 0 Å². The average Bonchev–Trinajstić information content (AvgIpc) is 3.29. The molecular weight excluding hydrogens is 444 g/mol. The molecular formula is C32H20N2S. The van der Waals surface area contributed by atoms with E-state index in [0.717, 1.165) is 32.9 Å². The fourth-order valence-electron chi connectivity index (χ4n) is 4.69. The standard InChI is InChI=1S/C32H20N2S/c1-3-9-21(10-4-1)22-15-17-24(18-16-22)32-33-29(23-11-5-2-6-12-23)31-30(34-32)27-19-25-13-7-8-14-26(25)20-28(27)35-31/h1-20H. The second-order valence-electron chi connectivity index (χ2n) is 8.68. The number of aromatic nitrogens is 2. The minimum Gasteiger partial charge on any atom is -0.226 e. The van der Waals surface area contributed by atoms with Gasteiger partial charge in [0.25, 0.3) is 0 Å². The van der Waals surface area contributed by atoms with Crippen LogP contribution >= 0.6 is 11.3 Å². The van der Waals surface area contributed by atoms with E-state index in [0.29, 0.717) is 0 Å². The molecule has 5 aromatic carbocycles. The molecule has 0 atom stereocenters. The van der Waals surface area contributed by atoms with Crippen LogP contribution in [0.15, 0.2) is 121 Å².